The number of allylic oxidation sites excluding steroid dienone is 2. The zero-order valence-corrected chi connectivity index (χ0v) is 22.0. The third kappa shape index (κ3) is 12.2. The number of carbonyl (C=O) groups is 1. The van der Waals surface area contributed by atoms with Crippen molar-refractivity contribution in [1.29, 1.82) is 0 Å². The molecule has 0 spiro atoms. The second kappa shape index (κ2) is 15.5. The summed E-state index contributed by atoms with van der Waals surface area (Å²) in [6.07, 6.45) is 10.9. The lowest BCUT2D eigenvalue weighted by atomic mass is 9.89. The zero-order chi connectivity index (χ0) is 25.7. The third-order valence-electron chi connectivity index (χ3n) is 6.11. The molecule has 7 nitrogen and oxygen atoms in total. The zero-order valence-electron chi connectivity index (χ0n) is 20.3. The molecule has 0 aliphatic heterocycles. The molecule has 1 amide bonds. The van der Waals surface area contributed by atoms with E-state index < -0.39 is 27.2 Å². The summed E-state index contributed by atoms with van der Waals surface area (Å²) in [5.74, 6) is -0.0939. The number of hydrogen-bond donors (Lipinski definition) is 4. The van der Waals surface area contributed by atoms with E-state index in [-0.39, 0.29) is 17.7 Å². The quantitative estimate of drug-likeness (QED) is 0.158. The van der Waals surface area contributed by atoms with E-state index in [1.165, 1.54) is 5.56 Å². The van der Waals surface area contributed by atoms with Crippen molar-refractivity contribution in [3.8, 4) is 0 Å². The molecule has 1 aromatic carbocycles. The molecule has 196 valence electrons. The Morgan fingerprint density at radius 2 is 1.94 bits per heavy atom. The number of aliphatic hydroxyl groups is 3. The van der Waals surface area contributed by atoms with Crippen LogP contribution in [0, 0.1) is 11.8 Å². The van der Waals surface area contributed by atoms with Gasteiger partial charge in [-0.1, -0.05) is 54.6 Å². The van der Waals surface area contributed by atoms with Crippen LogP contribution in [0.5, 0.6) is 0 Å². The molecule has 1 saturated carbocycles. The summed E-state index contributed by atoms with van der Waals surface area (Å²) in [7, 11) is -2.26. The summed E-state index contributed by atoms with van der Waals surface area (Å²) < 4.78 is 22.1. The first kappa shape index (κ1) is 29.6. The molecule has 4 N–H and O–H groups in total. The summed E-state index contributed by atoms with van der Waals surface area (Å²) in [5.41, 5.74) is 1.17. The van der Waals surface area contributed by atoms with Gasteiger partial charge in [0.25, 0.3) is 0 Å². The van der Waals surface area contributed by atoms with Gasteiger partial charge in [0, 0.05) is 37.3 Å². The summed E-state index contributed by atoms with van der Waals surface area (Å²) >= 11 is 0. The molecule has 5 atom stereocenters. The van der Waals surface area contributed by atoms with E-state index in [1.54, 1.807) is 6.08 Å². The van der Waals surface area contributed by atoms with Crippen molar-refractivity contribution in [2.24, 2.45) is 11.8 Å². The average Bonchev–Trinajstić information content (AvgIpc) is 3.08. The fourth-order valence-corrected chi connectivity index (χ4v) is 5.89. The van der Waals surface area contributed by atoms with E-state index in [4.69, 9.17) is 0 Å². The lowest BCUT2D eigenvalue weighted by Crippen LogP contribution is -2.25. The molecule has 9 heteroatoms. The fraction of sp³-hybridized carbons (Fsp3) is 0.577. The summed E-state index contributed by atoms with van der Waals surface area (Å²) in [6, 6.07) is 9.98. The molecule has 0 aromatic heterocycles. The van der Waals surface area contributed by atoms with Gasteiger partial charge < -0.3 is 20.6 Å². The minimum absolute atomic E-state index is 0.0992. The van der Waals surface area contributed by atoms with Crippen LogP contribution >= 0.6 is 10.8 Å². The molecule has 35 heavy (non-hydrogen) atoms. The number of amides is 1. The van der Waals surface area contributed by atoms with E-state index in [0.29, 0.717) is 44.4 Å². The predicted octanol–water partition coefficient (Wildman–Crippen LogP) is 2.82. The van der Waals surface area contributed by atoms with E-state index in [9.17, 15) is 28.5 Å². The highest BCUT2D eigenvalue weighted by atomic mass is 33.1. The van der Waals surface area contributed by atoms with Crippen LogP contribution in [0.1, 0.15) is 44.1 Å². The Balaban J connectivity index is 1.69. The number of nitrogens with one attached hydrogen (secondary N) is 1. The minimum atomic E-state index is -3.08. The van der Waals surface area contributed by atoms with Crippen LogP contribution in [-0.2, 0) is 20.1 Å². The summed E-state index contributed by atoms with van der Waals surface area (Å²) in [5, 5.41) is 33.8. The molecule has 1 aliphatic rings. The standard InChI is InChI=1S/C26H39NO6S2/c1-35(32,33)34-18-17-27-26(31)12-8-3-2-7-11-22-23(25(30)19-24(22)29)16-15-21(28)14-13-20-9-5-4-6-10-20/h2,4-7,9-10,15-16,21-25,28-30H,3,8,11-14,17-19H2,1H3,(H,27,31)/b7-2-,16-15+/t21-,22+,23+,24-,25+/m0/s1. The molecule has 1 fully saturated rings. The molecule has 0 heterocycles. The normalized spacial score (nSPS) is 23.8. The molecule has 1 aliphatic carbocycles. The maximum absolute atomic E-state index is 11.8. The Morgan fingerprint density at radius 3 is 2.66 bits per heavy atom. The molecule has 2 rings (SSSR count). The Hall–Kier alpha value is -1.65. The highest BCUT2D eigenvalue weighted by Gasteiger charge is 2.39. The number of hydrogen-bond acceptors (Lipinski definition) is 7. The Bertz CT molecular complexity index is 919. The first-order valence-corrected chi connectivity index (χ1v) is 15.6. The van der Waals surface area contributed by atoms with Crippen LogP contribution in [0.3, 0.4) is 0 Å². The molecule has 0 radical (unpaired) electrons. The van der Waals surface area contributed by atoms with Crippen molar-refractivity contribution in [1.82, 2.24) is 5.32 Å². The number of carbonyl (C=O) groups excluding carboxylic acids is 1. The van der Waals surface area contributed by atoms with Gasteiger partial charge in [-0.3, -0.25) is 4.79 Å². The first-order valence-electron chi connectivity index (χ1n) is 12.2. The summed E-state index contributed by atoms with van der Waals surface area (Å²) in [6.45, 7) is 0.324. The maximum Gasteiger partial charge on any atom is 0.220 e. The van der Waals surface area contributed by atoms with Gasteiger partial charge in [-0.15, -0.1) is 0 Å². The predicted molar refractivity (Wildman–Crippen MR) is 141 cm³/mol. The number of unbranched alkanes of at least 4 members (excludes halogenated alkanes) is 1. The van der Waals surface area contributed by atoms with Crippen LogP contribution in [-0.4, -0.2) is 66.5 Å². The van der Waals surface area contributed by atoms with E-state index in [0.717, 1.165) is 29.9 Å². The van der Waals surface area contributed by atoms with Gasteiger partial charge in [-0.2, -0.15) is 0 Å². The first-order chi connectivity index (χ1) is 16.7. The second-order valence-corrected chi connectivity index (χ2v) is 13.6. The number of benzene rings is 1. The third-order valence-corrected chi connectivity index (χ3v) is 8.70. The number of aliphatic hydroxyl groups excluding tert-OH is 3. The second-order valence-electron chi connectivity index (χ2n) is 9.06. The minimum Gasteiger partial charge on any atom is -0.393 e. The number of aryl methyl sites for hydroxylation is 1. The van der Waals surface area contributed by atoms with Gasteiger partial charge in [0.2, 0.25) is 5.91 Å². The average molecular weight is 526 g/mol. The van der Waals surface area contributed by atoms with Crippen LogP contribution in [0.2, 0.25) is 0 Å². The van der Waals surface area contributed by atoms with E-state index in [2.05, 4.69) is 5.32 Å². The monoisotopic (exact) mass is 525 g/mol. The van der Waals surface area contributed by atoms with Crippen molar-refractivity contribution in [2.45, 2.75) is 63.3 Å². The van der Waals surface area contributed by atoms with Crippen molar-refractivity contribution in [2.75, 3.05) is 18.6 Å². The molecule has 0 bridgehead atoms. The largest absolute Gasteiger partial charge is 0.393 e. The van der Waals surface area contributed by atoms with Gasteiger partial charge in [-0.25, -0.2) is 8.42 Å². The van der Waals surface area contributed by atoms with Gasteiger partial charge in [0.05, 0.1) is 18.3 Å². The van der Waals surface area contributed by atoms with Crippen molar-refractivity contribution in [3.63, 3.8) is 0 Å². The highest BCUT2D eigenvalue weighted by molar-refractivity contribution is 8.71. The van der Waals surface area contributed by atoms with Crippen molar-refractivity contribution in [3.05, 3.63) is 60.2 Å². The molecule has 0 unspecified atom stereocenters. The van der Waals surface area contributed by atoms with E-state index >= 15 is 0 Å². The fourth-order valence-electron chi connectivity index (χ4n) is 4.24. The topological polar surface area (TPSA) is 124 Å². The summed E-state index contributed by atoms with van der Waals surface area (Å²) in [4.78, 5) is 11.8. The maximum atomic E-state index is 11.8. The van der Waals surface area contributed by atoms with E-state index in [1.807, 2.05) is 48.6 Å². The van der Waals surface area contributed by atoms with Gasteiger partial charge in [-0.05, 0) is 54.4 Å². The van der Waals surface area contributed by atoms with Crippen LogP contribution < -0.4 is 5.32 Å². The Kier molecular flexibility index (Phi) is 13.1. The van der Waals surface area contributed by atoms with Gasteiger partial charge in [0.1, 0.15) is 0 Å². The number of rotatable bonds is 15. The van der Waals surface area contributed by atoms with Crippen molar-refractivity contribution >= 4 is 25.6 Å². The molecule has 0 saturated heterocycles. The molecular weight excluding hydrogens is 486 g/mol. The molecular formula is C26H39NO6S2. The Morgan fingerprint density at radius 1 is 1.20 bits per heavy atom. The van der Waals surface area contributed by atoms with Gasteiger partial charge in [0.15, 0.2) is 8.87 Å². The Labute approximate surface area is 213 Å². The highest BCUT2D eigenvalue weighted by Crippen LogP contribution is 2.36. The van der Waals surface area contributed by atoms with Crippen molar-refractivity contribution < 1.29 is 28.5 Å². The van der Waals surface area contributed by atoms with Crippen LogP contribution in [0.4, 0.5) is 0 Å². The lowest BCUT2D eigenvalue weighted by Gasteiger charge is -2.19. The van der Waals surface area contributed by atoms with Crippen LogP contribution in [0.25, 0.3) is 0 Å². The molecule has 1 aromatic rings. The lowest BCUT2D eigenvalue weighted by molar-refractivity contribution is -0.121. The smallest absolute Gasteiger partial charge is 0.220 e. The SMILES string of the molecule is CS(=O)(=O)SCCNC(=O)CCC/C=C\C[C@@H]1[C@@H](/C=C/[C@@H](O)CCc2ccccc2)[C@H](O)C[C@@H]1O. The van der Waals surface area contributed by atoms with Gasteiger partial charge >= 0.3 is 0 Å². The van der Waals surface area contributed by atoms with Crippen LogP contribution in [0.15, 0.2) is 54.6 Å².